The van der Waals surface area contributed by atoms with E-state index in [0.29, 0.717) is 12.8 Å². The summed E-state index contributed by atoms with van der Waals surface area (Å²) in [5.41, 5.74) is 4.39. The number of hydrogen-bond donors (Lipinski definition) is 2. The van der Waals surface area contributed by atoms with Crippen molar-refractivity contribution >= 4 is 23.1 Å². The normalized spacial score (nSPS) is 11.2. The van der Waals surface area contributed by atoms with E-state index in [1.165, 1.54) is 0 Å². The fourth-order valence-electron chi connectivity index (χ4n) is 1.79. The van der Waals surface area contributed by atoms with Crippen LogP contribution in [0.2, 0.25) is 0 Å². The molecule has 0 aliphatic rings. The smallest absolute Gasteiger partial charge is 0.255 e. The van der Waals surface area contributed by atoms with Gasteiger partial charge in [-0.2, -0.15) is 0 Å². The summed E-state index contributed by atoms with van der Waals surface area (Å²) in [7, 11) is 0. The molecule has 0 saturated carbocycles. The van der Waals surface area contributed by atoms with E-state index in [1.807, 2.05) is 13.8 Å². The maximum Gasteiger partial charge on any atom is 0.255 e. The van der Waals surface area contributed by atoms with Crippen LogP contribution in [0.15, 0.2) is 18.2 Å². The summed E-state index contributed by atoms with van der Waals surface area (Å²) >= 11 is 4.95. The van der Waals surface area contributed by atoms with Gasteiger partial charge >= 0.3 is 0 Å². The molecule has 3 N–H and O–H groups in total. The molecule has 3 nitrogen and oxygen atoms in total. The molecule has 0 spiro atoms. The van der Waals surface area contributed by atoms with Crippen LogP contribution in [0.25, 0.3) is 0 Å². The van der Waals surface area contributed by atoms with Crippen LogP contribution in [-0.2, 0) is 0 Å². The van der Waals surface area contributed by atoms with E-state index in [9.17, 15) is 13.6 Å². The monoisotopic (exact) mass is 286 g/mol. The number of nitrogens with two attached hydrogens (primary N) is 1. The average Bonchev–Trinajstić information content (AvgIpc) is 2.38. The quantitative estimate of drug-likeness (QED) is 0.818. The molecule has 1 aromatic carbocycles. The third-order valence-corrected chi connectivity index (χ3v) is 3.60. The van der Waals surface area contributed by atoms with Crippen molar-refractivity contribution in [1.29, 1.82) is 0 Å². The molecule has 0 fully saturated rings. The minimum absolute atomic E-state index is 0.127. The van der Waals surface area contributed by atoms with Gasteiger partial charge in [0.2, 0.25) is 0 Å². The van der Waals surface area contributed by atoms with E-state index in [-0.39, 0.29) is 10.6 Å². The van der Waals surface area contributed by atoms with Crippen LogP contribution in [0, 0.1) is 11.6 Å². The van der Waals surface area contributed by atoms with Gasteiger partial charge in [-0.1, -0.05) is 26.1 Å². The number of halogens is 2. The number of amides is 1. The molecule has 0 unspecified atom stereocenters. The van der Waals surface area contributed by atoms with Gasteiger partial charge in [0.15, 0.2) is 0 Å². The lowest BCUT2D eigenvalue weighted by Gasteiger charge is -2.31. The van der Waals surface area contributed by atoms with E-state index >= 15 is 0 Å². The van der Waals surface area contributed by atoms with Gasteiger partial charge < -0.3 is 11.1 Å². The summed E-state index contributed by atoms with van der Waals surface area (Å²) in [5.74, 6) is -2.20. The first-order valence-corrected chi connectivity index (χ1v) is 6.34. The fraction of sp³-hybridized carbons (Fsp3) is 0.385. The number of benzene rings is 1. The molecule has 0 heterocycles. The van der Waals surface area contributed by atoms with Crippen LogP contribution in [0.5, 0.6) is 0 Å². The second kappa shape index (κ2) is 6.06. The van der Waals surface area contributed by atoms with Crippen LogP contribution in [0.1, 0.15) is 37.0 Å². The van der Waals surface area contributed by atoms with Crippen molar-refractivity contribution < 1.29 is 13.6 Å². The van der Waals surface area contributed by atoms with E-state index in [1.54, 1.807) is 0 Å². The molecule has 0 atom stereocenters. The first-order valence-electron chi connectivity index (χ1n) is 5.93. The van der Waals surface area contributed by atoms with Gasteiger partial charge in [-0.3, -0.25) is 4.79 Å². The first-order chi connectivity index (χ1) is 8.86. The Hall–Kier alpha value is -1.56. The van der Waals surface area contributed by atoms with Crippen molar-refractivity contribution in [2.75, 3.05) is 0 Å². The summed E-state index contributed by atoms with van der Waals surface area (Å²) in [6.45, 7) is 3.62. The third kappa shape index (κ3) is 3.26. The molecule has 0 radical (unpaired) electrons. The zero-order valence-corrected chi connectivity index (χ0v) is 11.6. The summed E-state index contributed by atoms with van der Waals surface area (Å²) in [6.07, 6.45) is 0.947. The second-order valence-electron chi connectivity index (χ2n) is 4.23. The van der Waals surface area contributed by atoms with Gasteiger partial charge in [0.05, 0.1) is 16.1 Å². The number of carbonyl (C=O) groups excluding carboxylic acids is 1. The highest BCUT2D eigenvalue weighted by molar-refractivity contribution is 7.80. The van der Waals surface area contributed by atoms with E-state index in [2.05, 4.69) is 5.32 Å². The highest BCUT2D eigenvalue weighted by atomic mass is 32.1. The van der Waals surface area contributed by atoms with Crippen LogP contribution in [0.4, 0.5) is 8.78 Å². The van der Waals surface area contributed by atoms with Crippen molar-refractivity contribution in [3.63, 3.8) is 0 Å². The molecule has 0 aromatic heterocycles. The van der Waals surface area contributed by atoms with Crippen LogP contribution < -0.4 is 11.1 Å². The van der Waals surface area contributed by atoms with Gasteiger partial charge in [0.25, 0.3) is 5.91 Å². The van der Waals surface area contributed by atoms with Crippen LogP contribution in [-0.4, -0.2) is 16.4 Å². The number of carbonyl (C=O) groups is 1. The Labute approximate surface area is 116 Å². The standard InChI is InChI=1S/C13H16F2N2OS/c1-3-13(4-2,12(16)19)17-11(18)9-7-8(14)5-6-10(9)15/h5-7H,3-4H2,1-2H3,(H2,16,19)(H,17,18). The lowest BCUT2D eigenvalue weighted by molar-refractivity contribution is 0.0915. The summed E-state index contributed by atoms with van der Waals surface area (Å²) in [6, 6.07) is 2.71. The molecule has 0 bridgehead atoms. The van der Waals surface area contributed by atoms with Gasteiger partial charge in [-0.15, -0.1) is 0 Å². The topological polar surface area (TPSA) is 55.1 Å². The summed E-state index contributed by atoms with van der Waals surface area (Å²) in [4.78, 5) is 12.2. The van der Waals surface area contributed by atoms with E-state index < -0.39 is 23.1 Å². The molecule has 0 aliphatic heterocycles. The maximum absolute atomic E-state index is 13.5. The fourth-order valence-corrected chi connectivity index (χ4v) is 2.13. The number of nitrogens with one attached hydrogen (secondary N) is 1. The Morgan fingerprint density at radius 3 is 2.42 bits per heavy atom. The molecule has 1 rings (SSSR count). The second-order valence-corrected chi connectivity index (χ2v) is 4.67. The zero-order chi connectivity index (χ0) is 14.6. The average molecular weight is 286 g/mol. The van der Waals surface area contributed by atoms with Crippen molar-refractivity contribution in [2.45, 2.75) is 32.2 Å². The SMILES string of the molecule is CCC(CC)(NC(=O)c1cc(F)ccc1F)C(N)=S. The van der Waals surface area contributed by atoms with Crippen LogP contribution in [0.3, 0.4) is 0 Å². The molecular formula is C13H16F2N2OS. The lowest BCUT2D eigenvalue weighted by atomic mass is 9.92. The maximum atomic E-state index is 13.5. The molecule has 1 aromatic rings. The predicted octanol–water partition coefficient (Wildman–Crippen LogP) is 2.54. The Bertz CT molecular complexity index is 501. The molecule has 0 saturated heterocycles. The lowest BCUT2D eigenvalue weighted by Crippen LogP contribution is -2.56. The van der Waals surface area contributed by atoms with Crippen molar-refractivity contribution in [3.8, 4) is 0 Å². The molecule has 1 amide bonds. The highest BCUT2D eigenvalue weighted by Gasteiger charge is 2.32. The predicted molar refractivity (Wildman–Crippen MR) is 73.9 cm³/mol. The summed E-state index contributed by atoms with van der Waals surface area (Å²) in [5, 5.41) is 2.60. The van der Waals surface area contributed by atoms with E-state index in [4.69, 9.17) is 18.0 Å². The van der Waals surface area contributed by atoms with E-state index in [0.717, 1.165) is 18.2 Å². The van der Waals surface area contributed by atoms with Crippen molar-refractivity contribution in [2.24, 2.45) is 5.73 Å². The zero-order valence-electron chi connectivity index (χ0n) is 10.8. The molecule has 19 heavy (non-hydrogen) atoms. The third-order valence-electron chi connectivity index (χ3n) is 3.20. The molecule has 104 valence electrons. The molecular weight excluding hydrogens is 270 g/mol. The number of thiocarbonyl (C=S) groups is 1. The Balaban J connectivity index is 3.07. The largest absolute Gasteiger partial charge is 0.391 e. The summed E-state index contributed by atoms with van der Waals surface area (Å²) < 4.78 is 26.6. The Kier molecular flexibility index (Phi) is 4.94. The first kappa shape index (κ1) is 15.5. The Morgan fingerprint density at radius 2 is 1.95 bits per heavy atom. The minimum atomic E-state index is -0.884. The van der Waals surface area contributed by atoms with Gasteiger partial charge in [-0.25, -0.2) is 8.78 Å². The molecule has 0 aliphatic carbocycles. The van der Waals surface area contributed by atoms with Gasteiger partial charge in [0.1, 0.15) is 11.6 Å². The van der Waals surface area contributed by atoms with Gasteiger partial charge in [-0.05, 0) is 31.0 Å². The number of rotatable bonds is 5. The van der Waals surface area contributed by atoms with Crippen molar-refractivity contribution in [3.05, 3.63) is 35.4 Å². The van der Waals surface area contributed by atoms with Gasteiger partial charge in [0, 0.05) is 0 Å². The highest BCUT2D eigenvalue weighted by Crippen LogP contribution is 2.18. The van der Waals surface area contributed by atoms with Crippen LogP contribution >= 0.6 is 12.2 Å². The number of hydrogen-bond acceptors (Lipinski definition) is 2. The Morgan fingerprint density at radius 1 is 1.37 bits per heavy atom. The minimum Gasteiger partial charge on any atom is -0.391 e. The van der Waals surface area contributed by atoms with Crippen molar-refractivity contribution in [1.82, 2.24) is 5.32 Å². The molecule has 6 heteroatoms.